The first-order valence-electron chi connectivity index (χ1n) is 6.02. The van der Waals surface area contributed by atoms with Crippen molar-refractivity contribution in [3.05, 3.63) is 35.6 Å². The Bertz CT molecular complexity index is 505. The molecule has 1 aromatic carbocycles. The third-order valence-corrected chi connectivity index (χ3v) is 3.55. The van der Waals surface area contributed by atoms with Crippen molar-refractivity contribution in [2.45, 2.75) is 31.8 Å². The second-order valence-electron chi connectivity index (χ2n) is 4.16. The van der Waals surface area contributed by atoms with E-state index in [0.29, 0.717) is 5.17 Å². The van der Waals surface area contributed by atoms with Crippen LogP contribution < -0.4 is 5.32 Å². The first-order chi connectivity index (χ1) is 9.79. The highest BCUT2D eigenvalue weighted by Crippen LogP contribution is 2.23. The van der Waals surface area contributed by atoms with Gasteiger partial charge in [0.25, 0.3) is 0 Å². The van der Waals surface area contributed by atoms with E-state index in [2.05, 4.69) is 10.3 Å². The second-order valence-corrected chi connectivity index (χ2v) is 5.49. The van der Waals surface area contributed by atoms with Crippen LogP contribution in [0.1, 0.15) is 25.5 Å². The lowest BCUT2D eigenvalue weighted by molar-refractivity contribution is -0.118. The second kappa shape index (κ2) is 8.02. The standard InChI is InChI=1S/C12H13FN2OS.CHF3/c1-7(9-3-5-10(13)6-4-9)14-12-15-11(16)8(2)17-12;2-1(3)4/h3-8H,1-2H3,(H,14,15,16);1H/t7-,8?;/m0./s1. The third-order valence-electron chi connectivity index (χ3n) is 2.55. The van der Waals surface area contributed by atoms with Crippen molar-refractivity contribution in [1.82, 2.24) is 5.32 Å². The molecule has 1 saturated heterocycles. The minimum absolute atomic E-state index is 0.0138. The molecule has 1 heterocycles. The maximum atomic E-state index is 12.8. The van der Waals surface area contributed by atoms with Crippen molar-refractivity contribution < 1.29 is 22.4 Å². The number of nitrogens with zero attached hydrogens (tertiary/aromatic N) is 1. The first kappa shape index (κ1) is 17.5. The van der Waals surface area contributed by atoms with E-state index >= 15 is 0 Å². The zero-order valence-corrected chi connectivity index (χ0v) is 12.1. The van der Waals surface area contributed by atoms with Gasteiger partial charge in [-0.3, -0.25) is 9.79 Å². The van der Waals surface area contributed by atoms with Crippen LogP contribution in [-0.4, -0.2) is 23.0 Å². The van der Waals surface area contributed by atoms with Crippen molar-refractivity contribution in [2.24, 2.45) is 4.99 Å². The van der Waals surface area contributed by atoms with E-state index in [0.717, 1.165) is 5.56 Å². The lowest BCUT2D eigenvalue weighted by Gasteiger charge is -2.07. The van der Waals surface area contributed by atoms with Gasteiger partial charge in [-0.05, 0) is 31.5 Å². The lowest BCUT2D eigenvalue weighted by atomic mass is 10.1. The van der Waals surface area contributed by atoms with E-state index < -0.39 is 6.68 Å². The summed E-state index contributed by atoms with van der Waals surface area (Å²) in [6.07, 6.45) is 0. The largest absolute Gasteiger partial charge is 0.379 e. The van der Waals surface area contributed by atoms with Crippen molar-refractivity contribution in [3.63, 3.8) is 0 Å². The van der Waals surface area contributed by atoms with Crippen LogP contribution in [0.5, 0.6) is 0 Å². The fourth-order valence-corrected chi connectivity index (χ4v) is 2.39. The van der Waals surface area contributed by atoms with Gasteiger partial charge in [-0.15, -0.1) is 0 Å². The number of amides is 1. The van der Waals surface area contributed by atoms with Crippen LogP contribution in [0.2, 0.25) is 0 Å². The number of aliphatic imine (C=N–C) groups is 1. The van der Waals surface area contributed by atoms with Gasteiger partial charge in [0.05, 0.1) is 11.3 Å². The molecule has 0 aliphatic carbocycles. The summed E-state index contributed by atoms with van der Waals surface area (Å²) in [4.78, 5) is 15.7. The summed E-state index contributed by atoms with van der Waals surface area (Å²) in [7, 11) is 0. The van der Waals surface area contributed by atoms with Crippen LogP contribution >= 0.6 is 11.8 Å². The summed E-state index contributed by atoms with van der Waals surface area (Å²) in [6, 6.07) is 6.14. The summed E-state index contributed by atoms with van der Waals surface area (Å²) in [6.45, 7) is 0.0843. The average molecular weight is 322 g/mol. The maximum Gasteiger partial charge on any atom is 0.379 e. The van der Waals surface area contributed by atoms with Gasteiger partial charge in [-0.25, -0.2) is 4.39 Å². The van der Waals surface area contributed by atoms with Gasteiger partial charge in [0, 0.05) is 0 Å². The van der Waals surface area contributed by atoms with E-state index in [4.69, 9.17) is 0 Å². The Morgan fingerprint density at radius 3 is 2.19 bits per heavy atom. The predicted octanol–water partition coefficient (Wildman–Crippen LogP) is 3.67. The third kappa shape index (κ3) is 6.16. The molecule has 2 rings (SSSR count). The normalized spacial score (nSPS) is 21.0. The molecular weight excluding hydrogens is 308 g/mol. The molecule has 1 aromatic rings. The highest BCUT2D eigenvalue weighted by Gasteiger charge is 2.26. The van der Waals surface area contributed by atoms with Gasteiger partial charge in [0.2, 0.25) is 5.91 Å². The zero-order chi connectivity index (χ0) is 16.0. The Labute approximate surface area is 123 Å². The van der Waals surface area contributed by atoms with Crippen LogP contribution in [0.15, 0.2) is 29.3 Å². The summed E-state index contributed by atoms with van der Waals surface area (Å²) in [5.41, 5.74) is 0.924. The number of carbonyl (C=O) groups is 1. The van der Waals surface area contributed by atoms with E-state index in [-0.39, 0.29) is 23.0 Å². The van der Waals surface area contributed by atoms with Gasteiger partial charge in [-0.1, -0.05) is 23.9 Å². The van der Waals surface area contributed by atoms with Crippen LogP contribution in [0.3, 0.4) is 0 Å². The molecule has 1 fully saturated rings. The summed E-state index contributed by atoms with van der Waals surface area (Å²) in [5, 5.41) is 3.27. The van der Waals surface area contributed by atoms with Gasteiger partial charge in [-0.2, -0.15) is 13.2 Å². The van der Waals surface area contributed by atoms with Crippen molar-refractivity contribution in [3.8, 4) is 0 Å². The highest BCUT2D eigenvalue weighted by atomic mass is 32.2. The molecule has 0 bridgehead atoms. The lowest BCUT2D eigenvalue weighted by Crippen LogP contribution is -2.23. The molecule has 3 nitrogen and oxygen atoms in total. The molecule has 1 N–H and O–H groups in total. The van der Waals surface area contributed by atoms with Crippen LogP contribution in [0, 0.1) is 5.82 Å². The Kier molecular flexibility index (Phi) is 6.67. The SMILES string of the molecule is CC1SC(=N[C@@H](C)c2ccc(F)cc2)NC1=O.FC(F)F. The number of hydrogen-bond acceptors (Lipinski definition) is 3. The molecule has 2 atom stereocenters. The van der Waals surface area contributed by atoms with Gasteiger partial charge >= 0.3 is 6.68 Å². The predicted molar refractivity (Wildman–Crippen MR) is 74.6 cm³/mol. The molecule has 1 unspecified atom stereocenters. The Hall–Kier alpha value is -1.57. The van der Waals surface area contributed by atoms with Crippen LogP contribution in [0.25, 0.3) is 0 Å². The molecule has 0 spiro atoms. The van der Waals surface area contributed by atoms with Gasteiger partial charge in [0.15, 0.2) is 5.17 Å². The molecule has 1 aliphatic rings. The molecule has 0 radical (unpaired) electrons. The molecular formula is C13H14F4N2OS. The van der Waals surface area contributed by atoms with Crippen LogP contribution in [-0.2, 0) is 4.79 Å². The number of thioether (sulfide) groups is 1. The number of halogens is 4. The van der Waals surface area contributed by atoms with Crippen molar-refractivity contribution in [2.75, 3.05) is 0 Å². The number of nitrogens with one attached hydrogen (secondary N) is 1. The number of benzene rings is 1. The number of hydrogen-bond donors (Lipinski definition) is 1. The summed E-state index contributed by atoms with van der Waals surface area (Å²) >= 11 is 1.42. The van der Waals surface area contributed by atoms with E-state index in [1.54, 1.807) is 12.1 Å². The van der Waals surface area contributed by atoms with Crippen LogP contribution in [0.4, 0.5) is 17.6 Å². The summed E-state index contributed by atoms with van der Waals surface area (Å²) < 4.78 is 41.8. The minimum atomic E-state index is -3.67. The Morgan fingerprint density at radius 1 is 1.24 bits per heavy atom. The summed E-state index contributed by atoms with van der Waals surface area (Å²) in [5.74, 6) is -0.272. The Balaban J connectivity index is 0.000000491. The number of amidine groups is 1. The molecule has 0 aromatic heterocycles. The van der Waals surface area contributed by atoms with Gasteiger partial charge in [0.1, 0.15) is 5.82 Å². The topological polar surface area (TPSA) is 41.5 Å². The Morgan fingerprint density at radius 2 is 1.76 bits per heavy atom. The minimum Gasteiger partial charge on any atom is -0.304 e. The van der Waals surface area contributed by atoms with Crippen molar-refractivity contribution >= 4 is 22.8 Å². The fraction of sp³-hybridized carbons (Fsp3) is 0.385. The molecule has 1 aliphatic heterocycles. The maximum absolute atomic E-state index is 12.8. The van der Waals surface area contributed by atoms with E-state index in [1.807, 2.05) is 13.8 Å². The monoisotopic (exact) mass is 322 g/mol. The first-order valence-corrected chi connectivity index (χ1v) is 6.90. The number of carbonyl (C=O) groups excluding carboxylic acids is 1. The molecule has 0 saturated carbocycles. The molecule has 116 valence electrons. The average Bonchev–Trinajstić information content (AvgIpc) is 2.68. The van der Waals surface area contributed by atoms with E-state index in [9.17, 15) is 22.4 Å². The van der Waals surface area contributed by atoms with Gasteiger partial charge < -0.3 is 5.32 Å². The van der Waals surface area contributed by atoms with Crippen molar-refractivity contribution in [1.29, 1.82) is 0 Å². The molecule has 1 amide bonds. The number of alkyl halides is 3. The number of rotatable bonds is 2. The zero-order valence-electron chi connectivity index (χ0n) is 11.3. The highest BCUT2D eigenvalue weighted by molar-refractivity contribution is 8.15. The van der Waals surface area contributed by atoms with E-state index in [1.165, 1.54) is 23.9 Å². The quantitative estimate of drug-likeness (QED) is 0.844. The fourth-order valence-electron chi connectivity index (χ4n) is 1.51. The smallest absolute Gasteiger partial charge is 0.304 e. The molecule has 21 heavy (non-hydrogen) atoms. The molecule has 8 heteroatoms.